The molecule has 192 valence electrons. The van der Waals surface area contributed by atoms with E-state index in [1.807, 2.05) is 6.07 Å². The van der Waals surface area contributed by atoms with E-state index in [0.29, 0.717) is 17.9 Å². The number of anilines is 2. The molecule has 8 nitrogen and oxygen atoms in total. The number of amides is 3. The van der Waals surface area contributed by atoms with E-state index in [4.69, 9.17) is 9.47 Å². The first-order valence-electron chi connectivity index (χ1n) is 12.7. The van der Waals surface area contributed by atoms with Gasteiger partial charge >= 0.3 is 6.03 Å². The smallest absolute Gasteiger partial charge is 0.323 e. The number of aliphatic hydroxyl groups excluding tert-OH is 1. The van der Waals surface area contributed by atoms with E-state index in [1.165, 1.54) is 18.6 Å². The molecule has 2 heterocycles. The quantitative estimate of drug-likeness (QED) is 0.476. The molecule has 2 aromatic carbocycles. The molecule has 2 aromatic rings. The molecule has 0 aromatic heterocycles. The maximum atomic E-state index is 13.9. The summed E-state index contributed by atoms with van der Waals surface area (Å²) < 4.78 is 26.0. The number of carbonyl (C=O) groups excluding carboxylic acids is 2. The molecule has 5 rings (SSSR count). The van der Waals surface area contributed by atoms with Gasteiger partial charge < -0.3 is 30.5 Å². The number of halogens is 1. The molecule has 3 amide bonds. The zero-order valence-electron chi connectivity index (χ0n) is 20.0. The first-order chi connectivity index (χ1) is 17.5. The van der Waals surface area contributed by atoms with Gasteiger partial charge in [0.2, 0.25) is 5.91 Å². The molecule has 0 radical (unpaired) electrons. The average Bonchev–Trinajstić information content (AvgIpc) is 3.23. The van der Waals surface area contributed by atoms with Gasteiger partial charge in [0.05, 0.1) is 24.8 Å². The second-order valence-corrected chi connectivity index (χ2v) is 9.82. The highest BCUT2D eigenvalue weighted by Crippen LogP contribution is 2.47. The SMILES string of the molecule is O=C(C[C@@H]1C[C@@H]2c3cc(NC(=O)Nc4ccccc4F)ccc3O[C@@H]2[C@@H](CO)O1)NC1CCCCC1. The number of ether oxygens (including phenoxy) is 2. The van der Waals surface area contributed by atoms with E-state index < -0.39 is 18.0 Å². The first-order valence-corrected chi connectivity index (χ1v) is 12.7. The van der Waals surface area contributed by atoms with E-state index in [2.05, 4.69) is 16.0 Å². The summed E-state index contributed by atoms with van der Waals surface area (Å²) in [7, 11) is 0. The van der Waals surface area contributed by atoms with E-state index in [-0.39, 0.29) is 48.8 Å². The summed E-state index contributed by atoms with van der Waals surface area (Å²) >= 11 is 0. The number of rotatable bonds is 6. The van der Waals surface area contributed by atoms with Crippen molar-refractivity contribution >= 4 is 23.3 Å². The van der Waals surface area contributed by atoms with Crippen LogP contribution in [-0.4, -0.2) is 48.0 Å². The Hall–Kier alpha value is -3.17. The second-order valence-electron chi connectivity index (χ2n) is 9.82. The van der Waals surface area contributed by atoms with Gasteiger partial charge in [0.15, 0.2) is 0 Å². The third kappa shape index (κ3) is 5.47. The van der Waals surface area contributed by atoms with Crippen molar-refractivity contribution in [2.75, 3.05) is 17.2 Å². The normalized spacial score (nSPS) is 25.3. The van der Waals surface area contributed by atoms with Crippen molar-refractivity contribution in [3.8, 4) is 5.75 Å². The van der Waals surface area contributed by atoms with Crippen LogP contribution in [-0.2, 0) is 9.53 Å². The van der Waals surface area contributed by atoms with Crippen molar-refractivity contribution in [1.82, 2.24) is 5.32 Å². The summed E-state index contributed by atoms with van der Waals surface area (Å²) in [6.45, 7) is -0.216. The number of benzene rings is 2. The topological polar surface area (TPSA) is 109 Å². The molecule has 1 saturated carbocycles. The minimum atomic E-state index is -0.562. The lowest BCUT2D eigenvalue weighted by Gasteiger charge is -2.37. The van der Waals surface area contributed by atoms with Gasteiger partial charge in [0.1, 0.15) is 23.8 Å². The average molecular weight is 498 g/mol. The van der Waals surface area contributed by atoms with Gasteiger partial charge in [-0.15, -0.1) is 0 Å². The van der Waals surface area contributed by atoms with Crippen LogP contribution in [0.15, 0.2) is 42.5 Å². The molecular formula is C27H32FN3O5. The predicted octanol–water partition coefficient (Wildman–Crippen LogP) is 4.30. The second kappa shape index (κ2) is 10.8. The Labute approximate surface area is 209 Å². The summed E-state index contributed by atoms with van der Waals surface area (Å²) in [5.74, 6) is 0.0317. The molecule has 4 N–H and O–H groups in total. The molecule has 0 spiro atoms. The molecule has 2 fully saturated rings. The number of urea groups is 1. The highest BCUT2D eigenvalue weighted by molar-refractivity contribution is 5.99. The molecule has 1 aliphatic carbocycles. The number of aliphatic hydroxyl groups is 1. The molecule has 0 unspecified atom stereocenters. The van der Waals surface area contributed by atoms with Crippen LogP contribution in [0.25, 0.3) is 0 Å². The highest BCUT2D eigenvalue weighted by atomic mass is 19.1. The van der Waals surface area contributed by atoms with Gasteiger partial charge in [-0.25, -0.2) is 9.18 Å². The molecule has 36 heavy (non-hydrogen) atoms. The molecular weight excluding hydrogens is 465 g/mol. The summed E-state index contributed by atoms with van der Waals surface area (Å²) in [4.78, 5) is 25.1. The monoisotopic (exact) mass is 497 g/mol. The summed E-state index contributed by atoms with van der Waals surface area (Å²) in [5, 5.41) is 18.4. The molecule has 2 aliphatic heterocycles. The Bertz CT molecular complexity index is 1110. The molecule has 1 saturated heterocycles. The van der Waals surface area contributed by atoms with Crippen LogP contribution in [0.4, 0.5) is 20.6 Å². The minimum absolute atomic E-state index is 0.0265. The molecule has 4 atom stereocenters. The van der Waals surface area contributed by atoms with E-state index in [1.54, 1.807) is 24.3 Å². The molecule has 0 bridgehead atoms. The highest BCUT2D eigenvalue weighted by Gasteiger charge is 2.46. The summed E-state index contributed by atoms with van der Waals surface area (Å²) in [6, 6.07) is 10.9. The van der Waals surface area contributed by atoms with Gasteiger partial charge in [-0.05, 0) is 49.6 Å². The van der Waals surface area contributed by atoms with Crippen molar-refractivity contribution in [3.63, 3.8) is 0 Å². The molecule has 3 aliphatic rings. The van der Waals surface area contributed by atoms with Crippen molar-refractivity contribution in [1.29, 1.82) is 0 Å². The van der Waals surface area contributed by atoms with Crippen molar-refractivity contribution < 1.29 is 28.6 Å². The van der Waals surface area contributed by atoms with Crippen LogP contribution in [0.3, 0.4) is 0 Å². The minimum Gasteiger partial charge on any atom is -0.487 e. The van der Waals surface area contributed by atoms with Crippen molar-refractivity contribution in [3.05, 3.63) is 53.8 Å². The fourth-order valence-electron chi connectivity index (χ4n) is 5.55. The van der Waals surface area contributed by atoms with Crippen LogP contribution in [0.1, 0.15) is 56.4 Å². The fourth-order valence-corrected chi connectivity index (χ4v) is 5.55. The van der Waals surface area contributed by atoms with Gasteiger partial charge in [-0.2, -0.15) is 0 Å². The first kappa shape index (κ1) is 24.5. The van der Waals surface area contributed by atoms with Crippen LogP contribution in [0, 0.1) is 5.82 Å². The zero-order valence-corrected chi connectivity index (χ0v) is 20.0. The molecule has 9 heteroatoms. The van der Waals surface area contributed by atoms with Gasteiger partial charge in [-0.3, -0.25) is 4.79 Å². The predicted molar refractivity (Wildman–Crippen MR) is 133 cm³/mol. The largest absolute Gasteiger partial charge is 0.487 e. The van der Waals surface area contributed by atoms with Crippen LogP contribution in [0.2, 0.25) is 0 Å². The third-order valence-electron chi connectivity index (χ3n) is 7.26. The summed E-state index contributed by atoms with van der Waals surface area (Å²) in [6.07, 6.45) is 5.07. The lowest BCUT2D eigenvalue weighted by molar-refractivity contribution is -0.142. The number of carbonyl (C=O) groups is 2. The number of fused-ring (bicyclic) bond motifs is 3. The van der Waals surface area contributed by atoms with Gasteiger partial charge in [0.25, 0.3) is 0 Å². The standard InChI is InChI=1S/C27H32FN3O5/c28-21-8-4-5-9-22(21)31-27(34)30-17-10-11-23-19(12-17)20-13-18(35-24(15-32)26(20)36-23)14-25(33)29-16-6-2-1-3-7-16/h4-5,8-12,16,18,20,24,26,32H,1-3,6-7,13-15H2,(H,29,33)(H2,30,31,34)/t18-,20+,24+,26-/m0/s1. The Kier molecular flexibility index (Phi) is 7.38. The number of nitrogens with one attached hydrogen (secondary N) is 3. The number of hydrogen-bond acceptors (Lipinski definition) is 5. The van der Waals surface area contributed by atoms with Crippen LogP contribution < -0.4 is 20.7 Å². The van der Waals surface area contributed by atoms with E-state index in [0.717, 1.165) is 31.2 Å². The van der Waals surface area contributed by atoms with E-state index >= 15 is 0 Å². The lowest BCUT2D eigenvalue weighted by Crippen LogP contribution is -2.48. The van der Waals surface area contributed by atoms with Gasteiger partial charge in [-0.1, -0.05) is 31.4 Å². The van der Waals surface area contributed by atoms with E-state index in [9.17, 15) is 19.1 Å². The Morgan fingerprint density at radius 1 is 1.06 bits per heavy atom. The Morgan fingerprint density at radius 2 is 1.86 bits per heavy atom. The fraction of sp³-hybridized carbons (Fsp3) is 0.481. The number of para-hydroxylation sites is 1. The van der Waals surface area contributed by atoms with Crippen LogP contribution >= 0.6 is 0 Å². The number of hydrogen-bond donors (Lipinski definition) is 4. The zero-order chi connectivity index (χ0) is 25.1. The van der Waals surface area contributed by atoms with Crippen molar-refractivity contribution in [2.45, 2.75) is 75.2 Å². The Morgan fingerprint density at radius 3 is 2.64 bits per heavy atom. The lowest BCUT2D eigenvalue weighted by atomic mass is 9.84. The maximum Gasteiger partial charge on any atom is 0.323 e. The summed E-state index contributed by atoms with van der Waals surface area (Å²) in [5.41, 5.74) is 1.51. The van der Waals surface area contributed by atoms with Gasteiger partial charge in [0, 0.05) is 23.2 Å². The van der Waals surface area contributed by atoms with Crippen LogP contribution in [0.5, 0.6) is 5.75 Å². The third-order valence-corrected chi connectivity index (χ3v) is 7.26. The maximum absolute atomic E-state index is 13.9. The Balaban J connectivity index is 1.25. The van der Waals surface area contributed by atoms with Crippen molar-refractivity contribution in [2.24, 2.45) is 0 Å².